The zero-order valence-electron chi connectivity index (χ0n) is 12.0. The summed E-state index contributed by atoms with van der Waals surface area (Å²) in [6, 6.07) is 0. The van der Waals surface area contributed by atoms with Gasteiger partial charge in [0.2, 0.25) is 0 Å². The molecule has 5 nitrogen and oxygen atoms in total. The van der Waals surface area contributed by atoms with Crippen molar-refractivity contribution in [3.05, 3.63) is 12.4 Å². The SMILES string of the molecule is CC.CC1(C)OB(c2cnc(N)cn2)OC1(C)C. The maximum atomic E-state index is 5.82. The topological polar surface area (TPSA) is 70.3 Å². The zero-order chi connectivity index (χ0) is 14.0. The van der Waals surface area contributed by atoms with Gasteiger partial charge in [0.1, 0.15) is 5.82 Å². The second-order valence-corrected chi connectivity index (χ2v) is 4.95. The Morgan fingerprint density at radius 3 is 1.89 bits per heavy atom. The van der Waals surface area contributed by atoms with E-state index in [9.17, 15) is 0 Å². The van der Waals surface area contributed by atoms with Gasteiger partial charge in [-0.1, -0.05) is 13.8 Å². The number of hydrogen-bond acceptors (Lipinski definition) is 5. The molecule has 0 bridgehead atoms. The Labute approximate surface area is 109 Å². The van der Waals surface area contributed by atoms with E-state index in [1.165, 1.54) is 6.20 Å². The second kappa shape index (κ2) is 5.24. The molecule has 0 amide bonds. The van der Waals surface area contributed by atoms with Gasteiger partial charge in [0.05, 0.1) is 23.0 Å². The van der Waals surface area contributed by atoms with Gasteiger partial charge in [-0.3, -0.25) is 4.98 Å². The minimum Gasteiger partial charge on any atom is -0.398 e. The summed E-state index contributed by atoms with van der Waals surface area (Å²) in [5.41, 5.74) is 5.40. The molecule has 0 spiro atoms. The van der Waals surface area contributed by atoms with Crippen LogP contribution in [0.25, 0.3) is 0 Å². The first-order chi connectivity index (χ1) is 8.32. The van der Waals surface area contributed by atoms with Crippen LogP contribution in [0.4, 0.5) is 5.82 Å². The van der Waals surface area contributed by atoms with E-state index in [1.54, 1.807) is 6.20 Å². The number of hydrogen-bond donors (Lipinski definition) is 1. The lowest BCUT2D eigenvalue weighted by Crippen LogP contribution is -2.41. The lowest BCUT2D eigenvalue weighted by atomic mass is 9.85. The predicted molar refractivity (Wildman–Crippen MR) is 73.5 cm³/mol. The van der Waals surface area contributed by atoms with E-state index in [0.29, 0.717) is 11.4 Å². The summed E-state index contributed by atoms with van der Waals surface area (Å²) in [4.78, 5) is 8.13. The highest BCUT2D eigenvalue weighted by Gasteiger charge is 2.52. The lowest BCUT2D eigenvalue weighted by molar-refractivity contribution is 0.00578. The molecule has 1 aromatic heterocycles. The van der Waals surface area contributed by atoms with Crippen LogP contribution in [0.2, 0.25) is 0 Å². The zero-order valence-corrected chi connectivity index (χ0v) is 12.0. The minimum atomic E-state index is -0.474. The van der Waals surface area contributed by atoms with Gasteiger partial charge in [-0.15, -0.1) is 0 Å². The molecule has 1 aliphatic rings. The van der Waals surface area contributed by atoms with Gasteiger partial charge in [-0.05, 0) is 27.7 Å². The van der Waals surface area contributed by atoms with Crippen LogP contribution in [-0.4, -0.2) is 28.3 Å². The molecular weight excluding hydrogens is 229 g/mol. The highest BCUT2D eigenvalue weighted by atomic mass is 16.7. The molecule has 0 saturated carbocycles. The van der Waals surface area contributed by atoms with Crippen LogP contribution in [0.5, 0.6) is 0 Å². The van der Waals surface area contributed by atoms with Gasteiger partial charge < -0.3 is 15.0 Å². The van der Waals surface area contributed by atoms with Gasteiger partial charge >= 0.3 is 7.12 Å². The van der Waals surface area contributed by atoms with Crippen molar-refractivity contribution < 1.29 is 9.31 Å². The van der Waals surface area contributed by atoms with E-state index < -0.39 is 7.12 Å². The lowest BCUT2D eigenvalue weighted by Gasteiger charge is -2.32. The number of nitrogens with zero attached hydrogens (tertiary/aromatic N) is 2. The first-order valence-electron chi connectivity index (χ1n) is 6.25. The van der Waals surface area contributed by atoms with E-state index in [0.717, 1.165) is 0 Å². The van der Waals surface area contributed by atoms with E-state index >= 15 is 0 Å². The van der Waals surface area contributed by atoms with Crippen LogP contribution >= 0.6 is 0 Å². The molecule has 6 heteroatoms. The molecule has 0 aliphatic carbocycles. The Hall–Kier alpha value is -1.14. The summed E-state index contributed by atoms with van der Waals surface area (Å²) < 4.78 is 11.6. The molecule has 2 rings (SSSR count). The van der Waals surface area contributed by atoms with Crippen molar-refractivity contribution in [3.8, 4) is 0 Å². The quantitative estimate of drug-likeness (QED) is 0.763. The molecular formula is C12H22BN3O2. The molecule has 0 unspecified atom stereocenters. The third kappa shape index (κ3) is 2.81. The fraction of sp³-hybridized carbons (Fsp3) is 0.667. The normalized spacial score (nSPS) is 20.2. The van der Waals surface area contributed by atoms with Crippen molar-refractivity contribution in [2.75, 3.05) is 5.73 Å². The van der Waals surface area contributed by atoms with Crippen LogP contribution in [-0.2, 0) is 9.31 Å². The monoisotopic (exact) mass is 251 g/mol. The van der Waals surface area contributed by atoms with E-state index in [1.807, 2.05) is 41.5 Å². The van der Waals surface area contributed by atoms with Gasteiger partial charge in [0.15, 0.2) is 0 Å². The molecule has 1 aliphatic heterocycles. The molecule has 2 N–H and O–H groups in total. The third-order valence-electron chi connectivity index (χ3n) is 3.19. The van der Waals surface area contributed by atoms with Crippen LogP contribution in [0.1, 0.15) is 41.5 Å². The maximum Gasteiger partial charge on any atom is 0.516 e. The maximum absolute atomic E-state index is 5.82. The molecule has 100 valence electrons. The summed E-state index contributed by atoms with van der Waals surface area (Å²) in [5.74, 6) is 0.389. The Balaban J connectivity index is 0.000000771. The molecule has 2 heterocycles. The largest absolute Gasteiger partial charge is 0.516 e. The number of rotatable bonds is 1. The number of aromatic nitrogens is 2. The summed E-state index contributed by atoms with van der Waals surface area (Å²) in [6.07, 6.45) is 3.08. The number of anilines is 1. The molecule has 0 radical (unpaired) electrons. The number of nitrogens with two attached hydrogens (primary N) is 1. The fourth-order valence-corrected chi connectivity index (χ4v) is 1.43. The molecule has 1 saturated heterocycles. The average molecular weight is 251 g/mol. The predicted octanol–water partition coefficient (Wildman–Crippen LogP) is 1.38. The first kappa shape index (κ1) is 14.9. The summed E-state index contributed by atoms with van der Waals surface area (Å²) in [7, 11) is -0.474. The van der Waals surface area contributed by atoms with Gasteiger partial charge in [-0.2, -0.15) is 0 Å². The van der Waals surface area contributed by atoms with Crippen molar-refractivity contribution in [2.24, 2.45) is 0 Å². The summed E-state index contributed by atoms with van der Waals surface area (Å²) in [6.45, 7) is 12.0. The van der Waals surface area contributed by atoms with Crippen LogP contribution < -0.4 is 11.3 Å². The molecule has 1 aromatic rings. The highest BCUT2D eigenvalue weighted by Crippen LogP contribution is 2.36. The van der Waals surface area contributed by atoms with E-state index in [-0.39, 0.29) is 11.2 Å². The summed E-state index contributed by atoms with van der Waals surface area (Å²) in [5, 5.41) is 0. The Morgan fingerprint density at radius 2 is 1.50 bits per heavy atom. The highest BCUT2D eigenvalue weighted by molar-refractivity contribution is 6.61. The fourth-order valence-electron chi connectivity index (χ4n) is 1.43. The number of nitrogen functional groups attached to an aromatic ring is 1. The standard InChI is InChI=1S/C10H16BN3O2.C2H6/c1-9(2)10(3,4)16-11(15-9)7-5-14-8(12)6-13-7;1-2/h5-6H,1-4H3,(H2,12,14);1-2H3. The Morgan fingerprint density at radius 1 is 1.00 bits per heavy atom. The molecule has 0 aromatic carbocycles. The first-order valence-corrected chi connectivity index (χ1v) is 6.25. The van der Waals surface area contributed by atoms with Crippen molar-refractivity contribution in [1.82, 2.24) is 9.97 Å². The van der Waals surface area contributed by atoms with Crippen LogP contribution in [0.3, 0.4) is 0 Å². The van der Waals surface area contributed by atoms with Crippen LogP contribution in [0, 0.1) is 0 Å². The minimum absolute atomic E-state index is 0.360. The smallest absolute Gasteiger partial charge is 0.398 e. The summed E-state index contributed by atoms with van der Waals surface area (Å²) >= 11 is 0. The van der Waals surface area contributed by atoms with Crippen molar-refractivity contribution in [3.63, 3.8) is 0 Å². The average Bonchev–Trinajstić information content (AvgIpc) is 2.52. The van der Waals surface area contributed by atoms with E-state index in [2.05, 4.69) is 9.97 Å². The van der Waals surface area contributed by atoms with Crippen molar-refractivity contribution >= 4 is 18.5 Å². The molecule has 0 atom stereocenters. The van der Waals surface area contributed by atoms with E-state index in [4.69, 9.17) is 15.0 Å². The third-order valence-corrected chi connectivity index (χ3v) is 3.19. The van der Waals surface area contributed by atoms with Gasteiger partial charge in [0.25, 0.3) is 0 Å². The Bertz CT molecular complexity index is 377. The van der Waals surface area contributed by atoms with Crippen LogP contribution in [0.15, 0.2) is 12.4 Å². The van der Waals surface area contributed by atoms with Gasteiger partial charge in [-0.25, -0.2) is 4.98 Å². The second-order valence-electron chi connectivity index (χ2n) is 4.95. The Kier molecular flexibility index (Phi) is 4.34. The van der Waals surface area contributed by atoms with Crippen molar-refractivity contribution in [2.45, 2.75) is 52.7 Å². The molecule has 1 fully saturated rings. The van der Waals surface area contributed by atoms with Crippen molar-refractivity contribution in [1.29, 1.82) is 0 Å². The molecule has 18 heavy (non-hydrogen) atoms. The van der Waals surface area contributed by atoms with Gasteiger partial charge in [0, 0.05) is 6.20 Å².